The van der Waals surface area contributed by atoms with Crippen molar-refractivity contribution < 1.29 is 19.1 Å². The smallest absolute Gasteiger partial charge is 0.240 e. The molecular formula is C12H18N2O4. The second-order valence-corrected chi connectivity index (χ2v) is 3.44. The average molecular weight is 254 g/mol. The topological polar surface area (TPSA) is 68.8 Å². The standard InChI is InChI=1S/C12H18N2O4/c1-16-7-8-18-13-9-12(15)14-10-3-5-11(17-2)6-4-10/h3-6,13H,7-9H2,1-2H3,(H,14,15). The third-order valence-electron chi connectivity index (χ3n) is 2.10. The quantitative estimate of drug-likeness (QED) is 0.530. The first-order valence-corrected chi connectivity index (χ1v) is 5.53. The van der Waals surface area contributed by atoms with E-state index in [2.05, 4.69) is 10.8 Å². The fraction of sp³-hybridized carbons (Fsp3) is 0.417. The molecule has 100 valence electrons. The van der Waals surface area contributed by atoms with Gasteiger partial charge in [0.2, 0.25) is 5.91 Å². The van der Waals surface area contributed by atoms with Crippen molar-refractivity contribution in [1.82, 2.24) is 5.48 Å². The van der Waals surface area contributed by atoms with Crippen molar-refractivity contribution in [3.63, 3.8) is 0 Å². The number of nitrogens with one attached hydrogen (secondary N) is 2. The number of anilines is 1. The van der Waals surface area contributed by atoms with Crippen LogP contribution in [0.3, 0.4) is 0 Å². The Kier molecular flexibility index (Phi) is 6.78. The molecule has 0 fully saturated rings. The van der Waals surface area contributed by atoms with Gasteiger partial charge in [0, 0.05) is 12.8 Å². The highest BCUT2D eigenvalue weighted by atomic mass is 16.7. The van der Waals surface area contributed by atoms with Gasteiger partial charge in [-0.25, -0.2) is 0 Å². The van der Waals surface area contributed by atoms with Gasteiger partial charge in [0.1, 0.15) is 12.3 Å². The summed E-state index contributed by atoms with van der Waals surface area (Å²) in [7, 11) is 3.18. The fourth-order valence-electron chi connectivity index (χ4n) is 1.19. The van der Waals surface area contributed by atoms with Gasteiger partial charge in [-0.1, -0.05) is 0 Å². The molecule has 0 unspecified atom stereocenters. The summed E-state index contributed by atoms with van der Waals surface area (Å²) in [6.45, 7) is 0.954. The molecule has 6 heteroatoms. The van der Waals surface area contributed by atoms with E-state index in [1.54, 1.807) is 38.5 Å². The first kappa shape index (κ1) is 14.4. The van der Waals surface area contributed by atoms with Gasteiger partial charge in [0.15, 0.2) is 0 Å². The van der Waals surface area contributed by atoms with E-state index in [1.165, 1.54) is 0 Å². The molecule has 0 aromatic heterocycles. The summed E-state index contributed by atoms with van der Waals surface area (Å²) in [6.07, 6.45) is 0. The normalized spacial score (nSPS) is 10.1. The van der Waals surface area contributed by atoms with E-state index < -0.39 is 0 Å². The molecular weight excluding hydrogens is 236 g/mol. The summed E-state index contributed by atoms with van der Waals surface area (Å²) in [5.74, 6) is 0.562. The van der Waals surface area contributed by atoms with E-state index in [0.29, 0.717) is 18.9 Å². The Morgan fingerprint density at radius 3 is 2.50 bits per heavy atom. The molecule has 0 spiro atoms. The van der Waals surface area contributed by atoms with Gasteiger partial charge in [0.25, 0.3) is 0 Å². The van der Waals surface area contributed by atoms with Gasteiger partial charge < -0.3 is 14.8 Å². The lowest BCUT2D eigenvalue weighted by Crippen LogP contribution is -2.29. The zero-order valence-corrected chi connectivity index (χ0v) is 10.6. The molecule has 0 aliphatic carbocycles. The summed E-state index contributed by atoms with van der Waals surface area (Å²) in [5, 5.41) is 2.72. The first-order chi connectivity index (χ1) is 8.76. The molecule has 0 aliphatic heterocycles. The number of methoxy groups -OCH3 is 2. The fourth-order valence-corrected chi connectivity index (χ4v) is 1.19. The van der Waals surface area contributed by atoms with Crippen LogP contribution >= 0.6 is 0 Å². The van der Waals surface area contributed by atoms with Gasteiger partial charge >= 0.3 is 0 Å². The van der Waals surface area contributed by atoms with Crippen LogP contribution in [-0.4, -0.2) is 39.9 Å². The molecule has 0 radical (unpaired) electrons. The van der Waals surface area contributed by atoms with Crippen LogP contribution in [0.5, 0.6) is 5.75 Å². The van der Waals surface area contributed by atoms with E-state index in [4.69, 9.17) is 14.3 Å². The molecule has 0 heterocycles. The van der Waals surface area contributed by atoms with Crippen LogP contribution in [0.1, 0.15) is 0 Å². The molecule has 1 aromatic rings. The van der Waals surface area contributed by atoms with Gasteiger partial charge in [0.05, 0.1) is 20.3 Å². The molecule has 1 amide bonds. The van der Waals surface area contributed by atoms with Crippen LogP contribution in [0.4, 0.5) is 5.69 Å². The van der Waals surface area contributed by atoms with Gasteiger partial charge in [-0.15, -0.1) is 0 Å². The van der Waals surface area contributed by atoms with Crippen LogP contribution in [0.2, 0.25) is 0 Å². The Balaban J connectivity index is 2.22. The minimum Gasteiger partial charge on any atom is -0.497 e. The largest absolute Gasteiger partial charge is 0.497 e. The van der Waals surface area contributed by atoms with Crippen LogP contribution < -0.4 is 15.5 Å². The lowest BCUT2D eigenvalue weighted by Gasteiger charge is -2.07. The number of carbonyl (C=O) groups excluding carboxylic acids is 1. The number of benzene rings is 1. The molecule has 0 aliphatic rings. The Bertz CT molecular complexity index is 354. The van der Waals surface area contributed by atoms with Crippen molar-refractivity contribution in [2.45, 2.75) is 0 Å². The van der Waals surface area contributed by atoms with E-state index in [-0.39, 0.29) is 12.5 Å². The molecule has 18 heavy (non-hydrogen) atoms. The molecule has 1 aromatic carbocycles. The minimum absolute atomic E-state index is 0.0791. The van der Waals surface area contributed by atoms with Crippen LogP contribution in [0, 0.1) is 0 Å². The number of hydrogen-bond acceptors (Lipinski definition) is 5. The predicted octanol–water partition coefficient (Wildman–Crippen LogP) is 0.801. The number of hydroxylamine groups is 1. The van der Waals surface area contributed by atoms with Crippen molar-refractivity contribution in [3.05, 3.63) is 24.3 Å². The van der Waals surface area contributed by atoms with Crippen LogP contribution in [-0.2, 0) is 14.4 Å². The van der Waals surface area contributed by atoms with Gasteiger partial charge in [-0.05, 0) is 24.3 Å². The van der Waals surface area contributed by atoms with E-state index in [9.17, 15) is 4.79 Å². The van der Waals surface area contributed by atoms with Crippen molar-refractivity contribution in [3.8, 4) is 5.75 Å². The molecule has 1 rings (SSSR count). The third-order valence-corrected chi connectivity index (χ3v) is 2.10. The second kappa shape index (κ2) is 8.46. The lowest BCUT2D eigenvalue weighted by atomic mass is 10.3. The van der Waals surface area contributed by atoms with E-state index >= 15 is 0 Å². The summed E-state index contributed by atoms with van der Waals surface area (Å²) >= 11 is 0. The highest BCUT2D eigenvalue weighted by molar-refractivity contribution is 5.92. The van der Waals surface area contributed by atoms with Crippen molar-refractivity contribution in [2.24, 2.45) is 0 Å². The van der Waals surface area contributed by atoms with E-state index in [1.807, 2.05) is 0 Å². The summed E-state index contributed by atoms with van der Waals surface area (Å²) in [4.78, 5) is 16.4. The Morgan fingerprint density at radius 1 is 1.17 bits per heavy atom. The number of ether oxygens (including phenoxy) is 2. The highest BCUT2D eigenvalue weighted by Crippen LogP contribution is 2.14. The third kappa shape index (κ3) is 5.62. The zero-order valence-electron chi connectivity index (χ0n) is 10.6. The number of carbonyl (C=O) groups is 1. The molecule has 0 saturated carbocycles. The minimum atomic E-state index is -0.183. The summed E-state index contributed by atoms with van der Waals surface area (Å²) in [6, 6.07) is 7.08. The summed E-state index contributed by atoms with van der Waals surface area (Å²) < 4.78 is 9.81. The molecule has 2 N–H and O–H groups in total. The molecule has 0 atom stereocenters. The SMILES string of the molecule is COCCONCC(=O)Nc1ccc(OC)cc1. The number of rotatable bonds is 8. The average Bonchev–Trinajstić information content (AvgIpc) is 2.39. The van der Waals surface area contributed by atoms with Crippen LogP contribution in [0.25, 0.3) is 0 Å². The highest BCUT2D eigenvalue weighted by Gasteiger charge is 2.01. The number of hydrogen-bond donors (Lipinski definition) is 2. The number of amides is 1. The summed E-state index contributed by atoms with van der Waals surface area (Å²) in [5.41, 5.74) is 3.25. The zero-order chi connectivity index (χ0) is 13.2. The Morgan fingerprint density at radius 2 is 1.89 bits per heavy atom. The van der Waals surface area contributed by atoms with Gasteiger partial charge in [-0.3, -0.25) is 9.63 Å². The maximum atomic E-state index is 11.5. The molecule has 6 nitrogen and oxygen atoms in total. The van der Waals surface area contributed by atoms with Crippen LogP contribution in [0.15, 0.2) is 24.3 Å². The van der Waals surface area contributed by atoms with E-state index in [0.717, 1.165) is 5.75 Å². The Labute approximate surface area is 106 Å². The van der Waals surface area contributed by atoms with Crippen molar-refractivity contribution in [2.75, 3.05) is 39.3 Å². The predicted molar refractivity (Wildman–Crippen MR) is 67.5 cm³/mol. The van der Waals surface area contributed by atoms with Gasteiger partial charge in [-0.2, -0.15) is 5.48 Å². The lowest BCUT2D eigenvalue weighted by molar-refractivity contribution is -0.118. The first-order valence-electron chi connectivity index (χ1n) is 5.53. The second-order valence-electron chi connectivity index (χ2n) is 3.44. The molecule has 0 bridgehead atoms. The maximum Gasteiger partial charge on any atom is 0.240 e. The van der Waals surface area contributed by atoms with Crippen molar-refractivity contribution in [1.29, 1.82) is 0 Å². The van der Waals surface area contributed by atoms with Crippen molar-refractivity contribution >= 4 is 11.6 Å². The monoisotopic (exact) mass is 254 g/mol. The Hall–Kier alpha value is -1.63. The maximum absolute atomic E-state index is 11.5. The molecule has 0 saturated heterocycles.